The van der Waals surface area contributed by atoms with Crippen molar-refractivity contribution in [2.75, 3.05) is 13.2 Å². The van der Waals surface area contributed by atoms with Crippen LogP contribution in [0.15, 0.2) is 0 Å². The summed E-state index contributed by atoms with van der Waals surface area (Å²) in [6.45, 7) is 5.41. The van der Waals surface area contributed by atoms with Gasteiger partial charge in [-0.2, -0.15) is 0 Å². The Balaban J connectivity index is 3.80. The van der Waals surface area contributed by atoms with Gasteiger partial charge in [0.1, 0.15) is 0 Å². The van der Waals surface area contributed by atoms with Crippen LogP contribution in [-0.4, -0.2) is 13.2 Å². The van der Waals surface area contributed by atoms with E-state index in [4.69, 9.17) is 6.64 Å². The van der Waals surface area contributed by atoms with E-state index in [1.54, 1.807) is 10.5 Å². The van der Waals surface area contributed by atoms with Crippen molar-refractivity contribution in [3.05, 3.63) is 0 Å². The number of rotatable bonds is 10. The molecule has 16 heavy (non-hydrogen) atoms. The molecule has 0 heterocycles. The molecule has 0 N–H and O–H groups in total. The molecule has 0 bridgehead atoms. The van der Waals surface area contributed by atoms with Gasteiger partial charge in [0.15, 0.2) is 0 Å². The van der Waals surface area contributed by atoms with Crippen LogP contribution < -0.4 is 0 Å². The predicted molar refractivity (Wildman–Crippen MR) is 63.4 cm³/mol. The summed E-state index contributed by atoms with van der Waals surface area (Å²) in [5.41, 5.74) is 0. The van der Waals surface area contributed by atoms with Crippen molar-refractivity contribution in [3.8, 4) is 0 Å². The fraction of sp³-hybridized carbons (Fsp3) is 1.00. The minimum atomic E-state index is -4.20. The van der Waals surface area contributed by atoms with Gasteiger partial charge in [-0.15, -0.1) is 0 Å². The number of hydrogen-bond donors (Lipinski definition) is 0. The SMILES string of the molecule is CCCCC[O][Ti]([CH3])([CH3])(=[O])[O]CCCCC. The predicted octanol–water partition coefficient (Wildman–Crippen LogP) is 4.36. The molecule has 0 spiro atoms. The van der Waals surface area contributed by atoms with Crippen LogP contribution in [0.2, 0.25) is 10.5 Å². The van der Waals surface area contributed by atoms with Gasteiger partial charge in [-0.25, -0.2) is 0 Å². The molecule has 0 amide bonds. The monoisotopic (exact) mass is 268 g/mol. The zero-order valence-electron chi connectivity index (χ0n) is 11.4. The van der Waals surface area contributed by atoms with E-state index in [0.717, 1.165) is 38.5 Å². The molecule has 0 atom stereocenters. The maximum absolute atomic E-state index is 12.4. The van der Waals surface area contributed by atoms with Crippen molar-refractivity contribution in [2.45, 2.75) is 62.8 Å². The van der Waals surface area contributed by atoms with E-state index >= 15 is 0 Å². The molecular weight excluding hydrogens is 240 g/mol. The molecule has 0 saturated carbocycles. The van der Waals surface area contributed by atoms with Crippen LogP contribution >= 0.6 is 0 Å². The van der Waals surface area contributed by atoms with Crippen molar-refractivity contribution in [2.24, 2.45) is 0 Å². The first-order valence-electron chi connectivity index (χ1n) is 6.60. The molecule has 0 rings (SSSR count). The van der Waals surface area contributed by atoms with Gasteiger partial charge in [0.25, 0.3) is 0 Å². The molecule has 0 aliphatic carbocycles. The van der Waals surface area contributed by atoms with Gasteiger partial charge < -0.3 is 0 Å². The second kappa shape index (κ2) is 7.70. The van der Waals surface area contributed by atoms with Gasteiger partial charge in [0.05, 0.1) is 0 Å². The van der Waals surface area contributed by atoms with Gasteiger partial charge in [-0.3, -0.25) is 0 Å². The van der Waals surface area contributed by atoms with Crippen LogP contribution in [0.25, 0.3) is 0 Å². The summed E-state index contributed by atoms with van der Waals surface area (Å²) in [5.74, 6) is 0. The summed E-state index contributed by atoms with van der Waals surface area (Å²) in [7, 11) is 0. The molecule has 0 unspecified atom stereocenters. The first kappa shape index (κ1) is 16.4. The van der Waals surface area contributed by atoms with E-state index in [1.165, 1.54) is 0 Å². The zero-order chi connectivity index (χ0) is 12.5. The van der Waals surface area contributed by atoms with Crippen LogP contribution in [-0.2, 0) is 26.0 Å². The van der Waals surface area contributed by atoms with Gasteiger partial charge in [-0.05, 0) is 0 Å². The second-order valence-corrected chi connectivity index (χ2v) is 12.2. The molecule has 0 radical (unpaired) electrons. The third-order valence-electron chi connectivity index (χ3n) is 2.51. The topological polar surface area (TPSA) is 35.5 Å². The van der Waals surface area contributed by atoms with Crippen molar-refractivity contribution < 1.29 is 26.0 Å². The Kier molecular flexibility index (Phi) is 7.91. The quantitative estimate of drug-likeness (QED) is 0.436. The van der Waals surface area contributed by atoms with Crippen molar-refractivity contribution in [1.29, 1.82) is 0 Å². The third kappa shape index (κ3) is 9.65. The first-order chi connectivity index (χ1) is 7.39. The summed E-state index contributed by atoms with van der Waals surface area (Å²) in [6.07, 6.45) is 6.48. The van der Waals surface area contributed by atoms with Crippen LogP contribution in [0.1, 0.15) is 52.4 Å². The Morgan fingerprint density at radius 2 is 1.19 bits per heavy atom. The van der Waals surface area contributed by atoms with Crippen molar-refractivity contribution in [3.63, 3.8) is 0 Å². The number of hydrogen-bond acceptors (Lipinski definition) is 3. The fourth-order valence-electron chi connectivity index (χ4n) is 1.47. The average Bonchev–Trinajstić information content (AvgIpc) is 2.19. The molecule has 0 aromatic heterocycles. The first-order valence-corrected chi connectivity index (χ1v) is 11.6. The molecule has 0 aliphatic heterocycles. The minimum absolute atomic E-state index is 0.565. The fourth-order valence-corrected chi connectivity index (χ4v) is 3.84. The molecule has 0 aliphatic rings. The van der Waals surface area contributed by atoms with Gasteiger partial charge >= 0.3 is 102 Å². The normalized spacial score (nSPS) is 13.1. The molecule has 3 nitrogen and oxygen atoms in total. The molecule has 0 aromatic carbocycles. The molecule has 0 aromatic rings. The summed E-state index contributed by atoms with van der Waals surface area (Å²) < 4.78 is 23.4. The summed E-state index contributed by atoms with van der Waals surface area (Å²) >= 11 is -4.20. The van der Waals surface area contributed by atoms with E-state index in [-0.39, 0.29) is 0 Å². The van der Waals surface area contributed by atoms with Crippen molar-refractivity contribution >= 4 is 0 Å². The van der Waals surface area contributed by atoms with E-state index < -0.39 is 16.1 Å². The number of unbranched alkanes of at least 4 members (excludes halogenated alkanes) is 4. The molecule has 98 valence electrons. The Morgan fingerprint density at radius 3 is 1.50 bits per heavy atom. The van der Waals surface area contributed by atoms with Crippen LogP contribution in [0.4, 0.5) is 0 Å². The van der Waals surface area contributed by atoms with Gasteiger partial charge in [-0.1, -0.05) is 0 Å². The molecule has 4 heteroatoms. The van der Waals surface area contributed by atoms with E-state index in [0.29, 0.717) is 13.2 Å². The standard InChI is InChI=1S/2C5H11O.2CH3.O.Ti/c2*1-2-3-4-5-6;;;;/h2*2-5H2,1H3;2*1H3;;/q2*-1;;;;+2. The summed E-state index contributed by atoms with van der Waals surface area (Å²) in [6, 6.07) is 0. The third-order valence-corrected chi connectivity index (χ3v) is 5.69. The van der Waals surface area contributed by atoms with Gasteiger partial charge in [0.2, 0.25) is 0 Å². The van der Waals surface area contributed by atoms with Crippen LogP contribution in [0.3, 0.4) is 0 Å². The Hall–Kier alpha value is 0.434. The van der Waals surface area contributed by atoms with Crippen molar-refractivity contribution in [1.82, 2.24) is 0 Å². The molecular formula is C12H28O3Ti. The molecule has 0 fully saturated rings. The van der Waals surface area contributed by atoms with E-state index in [1.807, 2.05) is 0 Å². The maximum atomic E-state index is 12.4. The molecule has 0 saturated heterocycles. The zero-order valence-corrected chi connectivity index (χ0v) is 12.9. The van der Waals surface area contributed by atoms with E-state index in [9.17, 15) is 3.32 Å². The Morgan fingerprint density at radius 1 is 0.812 bits per heavy atom. The Labute approximate surface area is 102 Å². The van der Waals surface area contributed by atoms with Crippen LogP contribution in [0.5, 0.6) is 0 Å². The van der Waals surface area contributed by atoms with Gasteiger partial charge in [0, 0.05) is 0 Å². The average molecular weight is 268 g/mol. The Bertz CT molecular complexity index is 214. The summed E-state index contributed by atoms with van der Waals surface area (Å²) in [4.78, 5) is 0. The van der Waals surface area contributed by atoms with E-state index in [2.05, 4.69) is 13.8 Å². The van der Waals surface area contributed by atoms with Crippen LogP contribution in [0, 0.1) is 0 Å². The second-order valence-electron chi connectivity index (χ2n) is 5.09. The summed E-state index contributed by atoms with van der Waals surface area (Å²) in [5, 5.41) is 3.32.